The Bertz CT molecular complexity index is 248. The average molecular weight is 215 g/mol. The topological polar surface area (TPSA) is 23.5 Å². The highest BCUT2D eigenvalue weighted by Crippen LogP contribution is 2.12. The maximum Gasteiger partial charge on any atom is 0.133 e. The third kappa shape index (κ3) is 3.50. The minimum Gasteiger partial charge on any atom is -0.395 e. The fourth-order valence-electron chi connectivity index (χ4n) is 1.22. The molecule has 0 heterocycles. The fourth-order valence-corrected chi connectivity index (χ4v) is 1.54. The Hall–Kier alpha value is -0.320. The third-order valence-electron chi connectivity index (χ3n) is 1.88. The van der Waals surface area contributed by atoms with Gasteiger partial charge in [-0.25, -0.2) is 0 Å². The molecule has 1 rings (SSSR count). The van der Waals surface area contributed by atoms with E-state index in [-0.39, 0.29) is 6.61 Å². The maximum atomic E-state index is 8.79. The second kappa shape index (κ2) is 5.42. The number of thiol groups is 1. The van der Waals surface area contributed by atoms with Crippen LogP contribution in [0, 0.1) is 0 Å². The molecule has 1 aliphatic rings. The van der Waals surface area contributed by atoms with Crippen LogP contribution in [0.2, 0.25) is 0 Å². The Balaban J connectivity index is 2.42. The van der Waals surface area contributed by atoms with Crippen LogP contribution in [0.4, 0.5) is 0 Å². The molecule has 72 valence electrons. The molecule has 0 atom stereocenters. The summed E-state index contributed by atoms with van der Waals surface area (Å²) in [5.41, 5.74) is 1.31. The molecular formula is C9H13NOS2. The first kappa shape index (κ1) is 10.8. The Morgan fingerprint density at radius 1 is 1.69 bits per heavy atom. The van der Waals surface area contributed by atoms with E-state index in [2.05, 4.69) is 24.8 Å². The first-order valence-corrected chi connectivity index (χ1v) is 5.03. The van der Waals surface area contributed by atoms with Crippen molar-refractivity contribution < 1.29 is 5.11 Å². The van der Waals surface area contributed by atoms with Gasteiger partial charge in [-0.1, -0.05) is 30.4 Å². The van der Waals surface area contributed by atoms with Crippen LogP contribution < -0.4 is 0 Å². The molecule has 0 unspecified atom stereocenters. The Kier molecular flexibility index (Phi) is 4.48. The van der Waals surface area contributed by atoms with Crippen molar-refractivity contribution in [2.24, 2.45) is 0 Å². The maximum absolute atomic E-state index is 8.79. The summed E-state index contributed by atoms with van der Waals surface area (Å²) in [6.45, 7) is 1.44. The Morgan fingerprint density at radius 3 is 2.92 bits per heavy atom. The standard InChI is InChI=1S/C9H13NOS2/c11-6-5-10(9(12)13)7-8-3-1-2-4-8/h1-3,11H,4-7H2,(H,12,13). The lowest BCUT2D eigenvalue weighted by Gasteiger charge is -2.21. The van der Waals surface area contributed by atoms with Gasteiger partial charge in [-0.15, -0.1) is 12.6 Å². The van der Waals surface area contributed by atoms with Crippen LogP contribution in [0.25, 0.3) is 0 Å². The number of hydrogen-bond acceptors (Lipinski definition) is 2. The molecule has 0 amide bonds. The molecule has 0 aliphatic heterocycles. The van der Waals surface area contributed by atoms with Crippen molar-refractivity contribution in [3.8, 4) is 0 Å². The van der Waals surface area contributed by atoms with E-state index in [1.807, 2.05) is 11.0 Å². The highest BCUT2D eigenvalue weighted by Gasteiger charge is 2.08. The average Bonchev–Trinajstić information content (AvgIpc) is 2.56. The molecule has 1 aliphatic carbocycles. The largest absolute Gasteiger partial charge is 0.395 e. The summed E-state index contributed by atoms with van der Waals surface area (Å²) in [5, 5.41) is 8.79. The molecule has 2 nitrogen and oxygen atoms in total. The zero-order valence-electron chi connectivity index (χ0n) is 7.31. The van der Waals surface area contributed by atoms with Crippen LogP contribution in [-0.4, -0.2) is 34.0 Å². The van der Waals surface area contributed by atoms with Crippen molar-refractivity contribution in [2.45, 2.75) is 6.42 Å². The van der Waals surface area contributed by atoms with Gasteiger partial charge in [0.1, 0.15) is 4.32 Å². The van der Waals surface area contributed by atoms with Crippen molar-refractivity contribution >= 4 is 29.2 Å². The van der Waals surface area contributed by atoms with Crippen molar-refractivity contribution in [1.82, 2.24) is 4.90 Å². The summed E-state index contributed by atoms with van der Waals surface area (Å²) >= 11 is 9.05. The normalized spacial score (nSPS) is 14.5. The molecule has 0 bridgehead atoms. The van der Waals surface area contributed by atoms with Crippen molar-refractivity contribution in [1.29, 1.82) is 0 Å². The smallest absolute Gasteiger partial charge is 0.133 e. The van der Waals surface area contributed by atoms with E-state index in [1.54, 1.807) is 0 Å². The number of aliphatic hydroxyl groups excluding tert-OH is 1. The van der Waals surface area contributed by atoms with Crippen LogP contribution in [0.3, 0.4) is 0 Å². The molecule has 0 saturated carbocycles. The van der Waals surface area contributed by atoms with Crippen LogP contribution in [0.15, 0.2) is 23.8 Å². The summed E-state index contributed by atoms with van der Waals surface area (Å²) < 4.78 is 0.543. The molecular weight excluding hydrogens is 202 g/mol. The Labute approximate surface area is 89.3 Å². The molecule has 0 aromatic rings. The summed E-state index contributed by atoms with van der Waals surface area (Å²) in [4.78, 5) is 1.89. The molecule has 0 aromatic carbocycles. The highest BCUT2D eigenvalue weighted by atomic mass is 32.1. The van der Waals surface area contributed by atoms with E-state index < -0.39 is 0 Å². The number of aliphatic hydroxyl groups is 1. The lowest BCUT2D eigenvalue weighted by molar-refractivity contribution is 0.258. The molecule has 13 heavy (non-hydrogen) atoms. The number of hydrogen-bond donors (Lipinski definition) is 2. The van der Waals surface area contributed by atoms with Crippen LogP contribution >= 0.6 is 24.8 Å². The van der Waals surface area contributed by atoms with Gasteiger partial charge in [0.2, 0.25) is 0 Å². The van der Waals surface area contributed by atoms with Gasteiger partial charge in [0.15, 0.2) is 0 Å². The number of thiocarbonyl (C=S) groups is 1. The molecule has 0 saturated heterocycles. The number of nitrogens with zero attached hydrogens (tertiary/aromatic N) is 1. The van der Waals surface area contributed by atoms with Crippen LogP contribution in [-0.2, 0) is 0 Å². The molecule has 0 radical (unpaired) electrons. The van der Waals surface area contributed by atoms with Crippen LogP contribution in [0.5, 0.6) is 0 Å². The predicted octanol–water partition coefficient (Wildman–Crippen LogP) is 1.38. The molecule has 0 spiro atoms. The van der Waals surface area contributed by atoms with Crippen molar-refractivity contribution in [3.63, 3.8) is 0 Å². The highest BCUT2D eigenvalue weighted by molar-refractivity contribution is 8.10. The van der Waals surface area contributed by atoms with Gasteiger partial charge >= 0.3 is 0 Å². The summed E-state index contributed by atoms with van der Waals surface area (Å²) in [6, 6.07) is 0. The van der Waals surface area contributed by atoms with Gasteiger partial charge in [-0.2, -0.15) is 0 Å². The van der Waals surface area contributed by atoms with Gasteiger partial charge < -0.3 is 10.0 Å². The van der Waals surface area contributed by atoms with Gasteiger partial charge in [0.25, 0.3) is 0 Å². The second-order valence-corrected chi connectivity index (χ2v) is 4.00. The lowest BCUT2D eigenvalue weighted by atomic mass is 10.2. The zero-order valence-corrected chi connectivity index (χ0v) is 9.02. The fraction of sp³-hybridized carbons (Fsp3) is 0.444. The van der Waals surface area contributed by atoms with Crippen LogP contribution in [0.1, 0.15) is 6.42 Å². The third-order valence-corrected chi connectivity index (χ3v) is 2.42. The first-order chi connectivity index (χ1) is 6.24. The van der Waals surface area contributed by atoms with E-state index in [0.29, 0.717) is 10.9 Å². The SMILES string of the molecule is OCCN(CC1=CC=CC1)C(=S)S. The van der Waals surface area contributed by atoms with E-state index in [0.717, 1.165) is 13.0 Å². The second-order valence-electron chi connectivity index (χ2n) is 2.88. The van der Waals surface area contributed by atoms with E-state index in [4.69, 9.17) is 17.3 Å². The van der Waals surface area contributed by atoms with E-state index in [9.17, 15) is 0 Å². The molecule has 0 aromatic heterocycles. The molecule has 1 N–H and O–H groups in total. The first-order valence-electron chi connectivity index (χ1n) is 4.17. The minimum atomic E-state index is 0.113. The molecule has 4 heteroatoms. The van der Waals surface area contributed by atoms with Crippen molar-refractivity contribution in [3.05, 3.63) is 23.8 Å². The van der Waals surface area contributed by atoms with Gasteiger partial charge in [-0.3, -0.25) is 0 Å². The summed E-state index contributed by atoms with van der Waals surface area (Å²) in [5.74, 6) is 0. The van der Waals surface area contributed by atoms with Gasteiger partial charge in [0, 0.05) is 13.1 Å². The zero-order chi connectivity index (χ0) is 9.68. The van der Waals surface area contributed by atoms with Crippen molar-refractivity contribution in [2.75, 3.05) is 19.7 Å². The molecule has 0 fully saturated rings. The number of allylic oxidation sites excluding steroid dienone is 3. The number of rotatable bonds is 4. The van der Waals surface area contributed by atoms with E-state index in [1.165, 1.54) is 5.57 Å². The van der Waals surface area contributed by atoms with E-state index >= 15 is 0 Å². The monoisotopic (exact) mass is 215 g/mol. The Morgan fingerprint density at radius 2 is 2.46 bits per heavy atom. The van der Waals surface area contributed by atoms with Gasteiger partial charge in [0.05, 0.1) is 6.61 Å². The minimum absolute atomic E-state index is 0.113. The lowest BCUT2D eigenvalue weighted by Crippen LogP contribution is -2.30. The summed E-state index contributed by atoms with van der Waals surface area (Å²) in [7, 11) is 0. The predicted molar refractivity (Wildman–Crippen MR) is 62.1 cm³/mol. The quantitative estimate of drug-likeness (QED) is 0.547. The summed E-state index contributed by atoms with van der Waals surface area (Å²) in [6.07, 6.45) is 7.21. The van der Waals surface area contributed by atoms with Gasteiger partial charge in [-0.05, 0) is 12.0 Å².